The van der Waals surface area contributed by atoms with Gasteiger partial charge in [-0.2, -0.15) is 0 Å². The Kier molecular flexibility index (Phi) is 4.24. The summed E-state index contributed by atoms with van der Waals surface area (Å²) in [6.45, 7) is 3.84. The number of nitrogens with zero attached hydrogens (tertiary/aromatic N) is 2. The third kappa shape index (κ3) is 2.97. The third-order valence-electron chi connectivity index (χ3n) is 3.40. The first-order chi connectivity index (χ1) is 9.13. The van der Waals surface area contributed by atoms with Gasteiger partial charge in [0.25, 0.3) is 0 Å². The molecule has 0 amide bonds. The molecule has 0 radical (unpaired) electrons. The Morgan fingerprint density at radius 1 is 1.26 bits per heavy atom. The molecule has 6 heteroatoms. The minimum Gasteiger partial charge on any atom is -0.478 e. The summed E-state index contributed by atoms with van der Waals surface area (Å²) in [7, 11) is 0. The highest BCUT2D eigenvalue weighted by atomic mass is 16.4. The SMILES string of the molecule is Nc1cccc(C(=O)O)c1N1CCN(CCO)CC1. The number of rotatable bonds is 4. The monoisotopic (exact) mass is 265 g/mol. The van der Waals surface area contributed by atoms with E-state index in [-0.39, 0.29) is 12.2 Å². The minimum absolute atomic E-state index is 0.147. The summed E-state index contributed by atoms with van der Waals surface area (Å²) < 4.78 is 0. The van der Waals surface area contributed by atoms with E-state index in [2.05, 4.69) is 4.90 Å². The number of hydrogen-bond acceptors (Lipinski definition) is 5. The number of anilines is 2. The van der Waals surface area contributed by atoms with Gasteiger partial charge in [-0.15, -0.1) is 0 Å². The lowest BCUT2D eigenvalue weighted by molar-refractivity contribution is 0.0697. The summed E-state index contributed by atoms with van der Waals surface area (Å²) in [5, 5.41) is 18.1. The summed E-state index contributed by atoms with van der Waals surface area (Å²) in [5.41, 5.74) is 7.28. The van der Waals surface area contributed by atoms with Crippen molar-refractivity contribution in [2.75, 3.05) is 50.0 Å². The van der Waals surface area contributed by atoms with Crippen LogP contribution in [0.5, 0.6) is 0 Å². The number of carboxylic acids is 1. The zero-order valence-electron chi connectivity index (χ0n) is 10.7. The van der Waals surface area contributed by atoms with Crippen molar-refractivity contribution in [1.82, 2.24) is 4.90 Å². The predicted octanol–water partition coefficient (Wildman–Crippen LogP) is 0.0813. The van der Waals surface area contributed by atoms with Crippen LogP contribution in [0.3, 0.4) is 0 Å². The van der Waals surface area contributed by atoms with E-state index in [9.17, 15) is 9.90 Å². The summed E-state index contributed by atoms with van der Waals surface area (Å²) in [5.74, 6) is -0.958. The molecule has 0 saturated carbocycles. The highest BCUT2D eigenvalue weighted by Gasteiger charge is 2.22. The standard InChI is InChI=1S/C13H19N3O3/c14-11-3-1-2-10(13(18)19)12(11)16-6-4-15(5-7-16)8-9-17/h1-3,17H,4-9,14H2,(H,18,19). The number of nitrogen functional groups attached to an aromatic ring is 1. The van der Waals surface area contributed by atoms with Crippen LogP contribution in [0.4, 0.5) is 11.4 Å². The molecule has 19 heavy (non-hydrogen) atoms. The van der Waals surface area contributed by atoms with Gasteiger partial charge >= 0.3 is 5.97 Å². The molecule has 1 aromatic rings. The van der Waals surface area contributed by atoms with Crippen LogP contribution in [-0.2, 0) is 0 Å². The van der Waals surface area contributed by atoms with E-state index in [1.165, 1.54) is 0 Å². The summed E-state index contributed by atoms with van der Waals surface area (Å²) >= 11 is 0. The van der Waals surface area contributed by atoms with Crippen molar-refractivity contribution in [3.05, 3.63) is 23.8 Å². The number of benzene rings is 1. The highest BCUT2D eigenvalue weighted by molar-refractivity contribution is 5.98. The van der Waals surface area contributed by atoms with E-state index in [1.807, 2.05) is 4.90 Å². The average Bonchev–Trinajstić information content (AvgIpc) is 2.40. The molecule has 0 bridgehead atoms. The van der Waals surface area contributed by atoms with E-state index in [0.717, 1.165) is 13.1 Å². The van der Waals surface area contributed by atoms with Gasteiger partial charge in [-0.1, -0.05) is 6.07 Å². The maximum Gasteiger partial charge on any atom is 0.337 e. The van der Waals surface area contributed by atoms with Crippen molar-refractivity contribution in [1.29, 1.82) is 0 Å². The molecule has 104 valence electrons. The van der Waals surface area contributed by atoms with Crippen molar-refractivity contribution in [2.45, 2.75) is 0 Å². The second-order valence-corrected chi connectivity index (χ2v) is 4.60. The van der Waals surface area contributed by atoms with Gasteiger partial charge in [-0.3, -0.25) is 4.90 Å². The molecule has 6 nitrogen and oxygen atoms in total. The number of piperazine rings is 1. The summed E-state index contributed by atoms with van der Waals surface area (Å²) in [6, 6.07) is 4.96. The molecule has 0 atom stereocenters. The zero-order valence-corrected chi connectivity index (χ0v) is 10.7. The first-order valence-electron chi connectivity index (χ1n) is 6.33. The maximum atomic E-state index is 11.3. The average molecular weight is 265 g/mol. The van der Waals surface area contributed by atoms with Crippen molar-refractivity contribution in [3.63, 3.8) is 0 Å². The van der Waals surface area contributed by atoms with Crippen molar-refractivity contribution < 1.29 is 15.0 Å². The topological polar surface area (TPSA) is 90.0 Å². The number of β-amino-alcohol motifs (C(OH)–C–C–N with tert-alkyl or cyclic N) is 1. The number of aromatic carboxylic acids is 1. The lowest BCUT2D eigenvalue weighted by Gasteiger charge is -2.36. The Morgan fingerprint density at radius 3 is 2.53 bits per heavy atom. The fourth-order valence-electron chi connectivity index (χ4n) is 2.42. The zero-order chi connectivity index (χ0) is 13.8. The lowest BCUT2D eigenvalue weighted by Crippen LogP contribution is -2.47. The van der Waals surface area contributed by atoms with Crippen LogP contribution in [-0.4, -0.2) is 60.4 Å². The molecule has 4 N–H and O–H groups in total. The Balaban J connectivity index is 2.17. The second kappa shape index (κ2) is 5.90. The predicted molar refractivity (Wildman–Crippen MR) is 73.6 cm³/mol. The number of nitrogens with two attached hydrogens (primary N) is 1. The molecule has 0 aromatic heterocycles. The number of hydrogen-bond donors (Lipinski definition) is 3. The Bertz CT molecular complexity index is 456. The Morgan fingerprint density at radius 2 is 1.95 bits per heavy atom. The number of aliphatic hydroxyl groups is 1. The largest absolute Gasteiger partial charge is 0.478 e. The van der Waals surface area contributed by atoms with Crippen LogP contribution in [0.15, 0.2) is 18.2 Å². The van der Waals surface area contributed by atoms with Crippen LogP contribution in [0.1, 0.15) is 10.4 Å². The fourth-order valence-corrected chi connectivity index (χ4v) is 2.42. The van der Waals surface area contributed by atoms with Crippen LogP contribution >= 0.6 is 0 Å². The number of carboxylic acid groups (broad SMARTS) is 1. The molecule has 1 aromatic carbocycles. The molecule has 1 aliphatic rings. The van der Waals surface area contributed by atoms with Crippen molar-refractivity contribution in [3.8, 4) is 0 Å². The van der Waals surface area contributed by atoms with E-state index in [0.29, 0.717) is 31.0 Å². The van der Waals surface area contributed by atoms with E-state index in [4.69, 9.17) is 10.8 Å². The van der Waals surface area contributed by atoms with Crippen molar-refractivity contribution in [2.24, 2.45) is 0 Å². The van der Waals surface area contributed by atoms with E-state index < -0.39 is 5.97 Å². The second-order valence-electron chi connectivity index (χ2n) is 4.60. The molecule has 2 rings (SSSR count). The Labute approximate surface area is 112 Å². The molecule has 1 fully saturated rings. The third-order valence-corrected chi connectivity index (χ3v) is 3.40. The quantitative estimate of drug-likeness (QED) is 0.668. The van der Waals surface area contributed by atoms with Gasteiger partial charge < -0.3 is 20.8 Å². The normalized spacial score (nSPS) is 16.6. The summed E-state index contributed by atoms with van der Waals surface area (Å²) in [4.78, 5) is 15.4. The maximum absolute atomic E-state index is 11.3. The number of aliphatic hydroxyl groups excluding tert-OH is 1. The molecular formula is C13H19N3O3. The van der Waals surface area contributed by atoms with Crippen LogP contribution in [0.2, 0.25) is 0 Å². The smallest absolute Gasteiger partial charge is 0.337 e. The van der Waals surface area contributed by atoms with Gasteiger partial charge in [0.15, 0.2) is 0 Å². The molecule has 1 aliphatic heterocycles. The molecule has 0 aliphatic carbocycles. The molecule has 0 spiro atoms. The van der Waals surface area contributed by atoms with E-state index in [1.54, 1.807) is 18.2 Å². The van der Waals surface area contributed by atoms with Gasteiger partial charge in [-0.05, 0) is 12.1 Å². The van der Waals surface area contributed by atoms with Crippen LogP contribution < -0.4 is 10.6 Å². The number of para-hydroxylation sites is 1. The van der Waals surface area contributed by atoms with Gasteiger partial charge in [0.2, 0.25) is 0 Å². The summed E-state index contributed by atoms with van der Waals surface area (Å²) in [6.07, 6.45) is 0. The molecular weight excluding hydrogens is 246 g/mol. The molecule has 1 saturated heterocycles. The number of carbonyl (C=O) groups is 1. The van der Waals surface area contributed by atoms with Crippen LogP contribution in [0, 0.1) is 0 Å². The minimum atomic E-state index is -0.958. The van der Waals surface area contributed by atoms with Gasteiger partial charge in [0.05, 0.1) is 23.5 Å². The molecule has 0 unspecified atom stereocenters. The first kappa shape index (κ1) is 13.6. The fraction of sp³-hybridized carbons (Fsp3) is 0.462. The van der Waals surface area contributed by atoms with Crippen molar-refractivity contribution >= 4 is 17.3 Å². The lowest BCUT2D eigenvalue weighted by atomic mass is 10.1. The van der Waals surface area contributed by atoms with Crippen LogP contribution in [0.25, 0.3) is 0 Å². The highest BCUT2D eigenvalue weighted by Crippen LogP contribution is 2.28. The van der Waals surface area contributed by atoms with E-state index >= 15 is 0 Å². The van der Waals surface area contributed by atoms with Gasteiger partial charge in [-0.25, -0.2) is 4.79 Å². The first-order valence-corrected chi connectivity index (χ1v) is 6.33. The molecule has 1 heterocycles. The van der Waals surface area contributed by atoms with Gasteiger partial charge in [0.1, 0.15) is 0 Å². The Hall–Kier alpha value is -1.79. The van der Waals surface area contributed by atoms with Gasteiger partial charge in [0, 0.05) is 32.7 Å².